The van der Waals surface area contributed by atoms with Crippen molar-refractivity contribution in [2.75, 3.05) is 0 Å². The van der Waals surface area contributed by atoms with Gasteiger partial charge in [-0.2, -0.15) is 0 Å². The van der Waals surface area contributed by atoms with Crippen LogP contribution in [0.2, 0.25) is 0 Å². The van der Waals surface area contributed by atoms with Gasteiger partial charge < -0.3 is 10.8 Å². The molecule has 0 saturated carbocycles. The van der Waals surface area contributed by atoms with Crippen LogP contribution in [0.15, 0.2) is 6.07 Å². The average molecular weight is 230 g/mol. The van der Waals surface area contributed by atoms with Gasteiger partial charge in [0.15, 0.2) is 0 Å². The maximum atomic E-state index is 12.5. The first kappa shape index (κ1) is 12.5. The summed E-state index contributed by atoms with van der Waals surface area (Å²) in [4.78, 5) is 14.3. The van der Waals surface area contributed by atoms with E-state index in [0.717, 1.165) is 6.07 Å². The second-order valence-corrected chi connectivity index (χ2v) is 3.35. The van der Waals surface area contributed by atoms with Gasteiger partial charge in [-0.05, 0) is 24.1 Å². The number of carboxylic acids is 1. The van der Waals surface area contributed by atoms with Gasteiger partial charge in [0.2, 0.25) is 0 Å². The topological polar surface area (TPSA) is 76.2 Å². The molecule has 0 saturated heterocycles. The average Bonchev–Trinajstić information content (AvgIpc) is 2.20. The summed E-state index contributed by atoms with van der Waals surface area (Å²) in [5, 5.41) is 8.65. The number of carbonyl (C=O) groups is 1. The SMILES string of the molecule is Cc1c(CC(=O)O)cc(C(F)F)nc1CN. The van der Waals surface area contributed by atoms with E-state index in [-0.39, 0.29) is 13.0 Å². The zero-order valence-electron chi connectivity index (χ0n) is 8.70. The fourth-order valence-electron chi connectivity index (χ4n) is 1.40. The van der Waals surface area contributed by atoms with Crippen LogP contribution < -0.4 is 5.73 Å². The Balaban J connectivity index is 3.24. The van der Waals surface area contributed by atoms with E-state index < -0.39 is 18.1 Å². The number of hydrogen-bond donors (Lipinski definition) is 2. The molecule has 0 bridgehead atoms. The van der Waals surface area contributed by atoms with Crippen molar-refractivity contribution in [3.05, 3.63) is 28.6 Å². The molecule has 0 radical (unpaired) electrons. The summed E-state index contributed by atoms with van der Waals surface area (Å²) in [7, 11) is 0. The minimum Gasteiger partial charge on any atom is -0.481 e. The highest BCUT2D eigenvalue weighted by atomic mass is 19.3. The number of nitrogens with zero attached hydrogens (tertiary/aromatic N) is 1. The van der Waals surface area contributed by atoms with Crippen LogP contribution in [0.4, 0.5) is 8.78 Å². The monoisotopic (exact) mass is 230 g/mol. The zero-order valence-corrected chi connectivity index (χ0v) is 8.70. The van der Waals surface area contributed by atoms with E-state index in [1.54, 1.807) is 6.92 Å². The molecule has 0 fully saturated rings. The van der Waals surface area contributed by atoms with Gasteiger partial charge in [-0.15, -0.1) is 0 Å². The number of nitrogens with two attached hydrogens (primary N) is 1. The van der Waals surface area contributed by atoms with Gasteiger partial charge in [0, 0.05) is 6.54 Å². The van der Waals surface area contributed by atoms with Crippen LogP contribution in [-0.4, -0.2) is 16.1 Å². The molecular weight excluding hydrogens is 218 g/mol. The van der Waals surface area contributed by atoms with Gasteiger partial charge >= 0.3 is 5.97 Å². The van der Waals surface area contributed by atoms with Crippen LogP contribution in [0.25, 0.3) is 0 Å². The van der Waals surface area contributed by atoms with Crippen LogP contribution in [0.5, 0.6) is 0 Å². The van der Waals surface area contributed by atoms with Crippen molar-refractivity contribution >= 4 is 5.97 Å². The van der Waals surface area contributed by atoms with Crippen LogP contribution in [-0.2, 0) is 17.8 Å². The van der Waals surface area contributed by atoms with E-state index in [2.05, 4.69) is 4.98 Å². The van der Waals surface area contributed by atoms with Gasteiger partial charge in [0.05, 0.1) is 12.1 Å². The van der Waals surface area contributed by atoms with Crippen molar-refractivity contribution in [1.29, 1.82) is 0 Å². The maximum absolute atomic E-state index is 12.5. The lowest BCUT2D eigenvalue weighted by molar-refractivity contribution is -0.136. The predicted octanol–water partition coefficient (Wildman–Crippen LogP) is 1.41. The Kier molecular flexibility index (Phi) is 3.89. The number of hydrogen-bond acceptors (Lipinski definition) is 3. The van der Waals surface area contributed by atoms with Crippen molar-refractivity contribution in [3.8, 4) is 0 Å². The normalized spacial score (nSPS) is 10.8. The fraction of sp³-hybridized carbons (Fsp3) is 0.400. The molecule has 0 amide bonds. The van der Waals surface area contributed by atoms with E-state index in [9.17, 15) is 13.6 Å². The van der Waals surface area contributed by atoms with Gasteiger partial charge in [0.1, 0.15) is 5.69 Å². The third kappa shape index (κ3) is 2.73. The van der Waals surface area contributed by atoms with E-state index in [1.807, 2.05) is 0 Å². The third-order valence-electron chi connectivity index (χ3n) is 2.26. The summed E-state index contributed by atoms with van der Waals surface area (Å²) in [5.74, 6) is -1.07. The summed E-state index contributed by atoms with van der Waals surface area (Å²) >= 11 is 0. The first-order valence-corrected chi connectivity index (χ1v) is 4.65. The van der Waals surface area contributed by atoms with Crippen LogP contribution in [0, 0.1) is 6.92 Å². The minimum atomic E-state index is -2.72. The van der Waals surface area contributed by atoms with Crippen LogP contribution in [0.1, 0.15) is 28.9 Å². The number of aromatic nitrogens is 1. The first-order valence-electron chi connectivity index (χ1n) is 4.65. The molecule has 0 atom stereocenters. The van der Waals surface area contributed by atoms with Gasteiger partial charge in [0.25, 0.3) is 6.43 Å². The Bertz CT molecular complexity index is 408. The van der Waals surface area contributed by atoms with Crippen molar-refractivity contribution < 1.29 is 18.7 Å². The zero-order chi connectivity index (χ0) is 12.3. The molecule has 0 aromatic carbocycles. The standard InChI is InChI=1S/C10H12F2N2O2/c1-5-6(3-9(15)16)2-7(10(11)12)14-8(5)4-13/h2,10H,3-4,13H2,1H3,(H,15,16). The Morgan fingerprint density at radius 3 is 2.69 bits per heavy atom. The number of rotatable bonds is 4. The molecule has 4 nitrogen and oxygen atoms in total. The van der Waals surface area contributed by atoms with Gasteiger partial charge in [-0.1, -0.05) is 0 Å². The molecule has 6 heteroatoms. The van der Waals surface area contributed by atoms with Crippen LogP contribution >= 0.6 is 0 Å². The fourth-order valence-corrected chi connectivity index (χ4v) is 1.40. The summed E-state index contributed by atoms with van der Waals surface area (Å²) in [6, 6.07) is 1.12. The van der Waals surface area contributed by atoms with Crippen molar-refractivity contribution in [2.45, 2.75) is 26.3 Å². The second kappa shape index (κ2) is 4.98. The molecule has 1 aromatic rings. The molecular formula is C10H12F2N2O2. The highest BCUT2D eigenvalue weighted by molar-refractivity contribution is 5.70. The molecule has 88 valence electrons. The smallest absolute Gasteiger partial charge is 0.307 e. The molecule has 0 aliphatic heterocycles. The summed E-state index contributed by atoms with van der Waals surface area (Å²) in [6.45, 7) is 1.64. The number of carboxylic acid groups (broad SMARTS) is 1. The summed E-state index contributed by atoms with van der Waals surface area (Å²) < 4.78 is 25.0. The molecule has 1 heterocycles. The molecule has 0 spiro atoms. The summed E-state index contributed by atoms with van der Waals surface area (Å²) in [5.41, 5.74) is 6.15. The second-order valence-electron chi connectivity index (χ2n) is 3.35. The van der Waals surface area contributed by atoms with Crippen molar-refractivity contribution in [3.63, 3.8) is 0 Å². The highest BCUT2D eigenvalue weighted by Gasteiger charge is 2.15. The lowest BCUT2D eigenvalue weighted by atomic mass is 10.0. The molecule has 0 aliphatic rings. The van der Waals surface area contributed by atoms with Gasteiger partial charge in [-0.25, -0.2) is 8.78 Å². The van der Waals surface area contributed by atoms with Gasteiger partial charge in [-0.3, -0.25) is 9.78 Å². The Hall–Kier alpha value is -1.56. The number of pyridine rings is 1. The lowest BCUT2D eigenvalue weighted by Crippen LogP contribution is -2.11. The lowest BCUT2D eigenvalue weighted by Gasteiger charge is -2.10. The Morgan fingerprint density at radius 1 is 1.62 bits per heavy atom. The number of aliphatic carboxylic acids is 1. The first-order chi connectivity index (χ1) is 7.45. The molecule has 1 aromatic heterocycles. The highest BCUT2D eigenvalue weighted by Crippen LogP contribution is 2.22. The molecule has 1 rings (SSSR count). The summed E-state index contributed by atoms with van der Waals surface area (Å²) in [6.07, 6.45) is -3.03. The molecule has 0 aliphatic carbocycles. The quantitative estimate of drug-likeness (QED) is 0.820. The van der Waals surface area contributed by atoms with Crippen molar-refractivity contribution in [1.82, 2.24) is 4.98 Å². The van der Waals surface area contributed by atoms with E-state index in [4.69, 9.17) is 10.8 Å². The Morgan fingerprint density at radius 2 is 2.25 bits per heavy atom. The van der Waals surface area contributed by atoms with E-state index in [1.165, 1.54) is 0 Å². The third-order valence-corrected chi connectivity index (χ3v) is 2.26. The molecule has 16 heavy (non-hydrogen) atoms. The van der Waals surface area contributed by atoms with E-state index in [0.29, 0.717) is 16.8 Å². The van der Waals surface area contributed by atoms with Crippen LogP contribution in [0.3, 0.4) is 0 Å². The maximum Gasteiger partial charge on any atom is 0.307 e. The molecule has 3 N–H and O–H groups in total. The minimum absolute atomic E-state index is 0.0129. The van der Waals surface area contributed by atoms with E-state index >= 15 is 0 Å². The number of halogens is 2. The Labute approximate surface area is 91.1 Å². The van der Waals surface area contributed by atoms with Crippen molar-refractivity contribution in [2.24, 2.45) is 5.73 Å². The molecule has 0 unspecified atom stereocenters. The predicted molar refractivity (Wildman–Crippen MR) is 53.2 cm³/mol. The largest absolute Gasteiger partial charge is 0.481 e. The number of alkyl halides is 2.